The quantitative estimate of drug-likeness (QED) is 0.594. The summed E-state index contributed by atoms with van der Waals surface area (Å²) in [6.07, 6.45) is -2.93. The van der Waals surface area contributed by atoms with Gasteiger partial charge in [-0.1, -0.05) is 6.07 Å². The summed E-state index contributed by atoms with van der Waals surface area (Å²) in [5, 5.41) is 27.7. The van der Waals surface area contributed by atoms with E-state index in [2.05, 4.69) is 12.6 Å². The molecular formula is C10H11FO4S. The number of aliphatic hydroxyl groups excluding tert-OH is 2. The lowest BCUT2D eigenvalue weighted by Gasteiger charge is -2.18. The Morgan fingerprint density at radius 1 is 1.44 bits per heavy atom. The number of carboxylic acids is 1. The van der Waals surface area contributed by atoms with Crippen molar-refractivity contribution in [1.82, 2.24) is 0 Å². The van der Waals surface area contributed by atoms with Gasteiger partial charge in [-0.3, -0.25) is 0 Å². The molecule has 0 aliphatic rings. The lowest BCUT2D eigenvalue weighted by atomic mass is 9.98. The Morgan fingerprint density at radius 3 is 2.56 bits per heavy atom. The lowest BCUT2D eigenvalue weighted by molar-refractivity contribution is 0.0300. The lowest BCUT2D eigenvalue weighted by Crippen LogP contribution is -2.23. The van der Waals surface area contributed by atoms with Crippen molar-refractivity contribution in [1.29, 1.82) is 0 Å². The van der Waals surface area contributed by atoms with Gasteiger partial charge in [-0.25, -0.2) is 9.18 Å². The number of carboxylic acid groups (broad SMARTS) is 1. The second-order valence-electron chi connectivity index (χ2n) is 3.20. The van der Waals surface area contributed by atoms with Gasteiger partial charge in [-0.05, 0) is 12.1 Å². The van der Waals surface area contributed by atoms with E-state index in [4.69, 9.17) is 5.11 Å². The molecule has 3 N–H and O–H groups in total. The van der Waals surface area contributed by atoms with Crippen LogP contribution in [0.1, 0.15) is 22.0 Å². The summed E-state index contributed by atoms with van der Waals surface area (Å²) in [6, 6.07) is 3.41. The van der Waals surface area contributed by atoms with Crippen molar-refractivity contribution in [2.45, 2.75) is 12.2 Å². The van der Waals surface area contributed by atoms with Gasteiger partial charge in [-0.2, -0.15) is 12.6 Å². The van der Waals surface area contributed by atoms with Gasteiger partial charge < -0.3 is 15.3 Å². The van der Waals surface area contributed by atoms with Crippen LogP contribution < -0.4 is 0 Å². The Hall–Kier alpha value is -1.11. The van der Waals surface area contributed by atoms with E-state index in [9.17, 15) is 19.4 Å². The summed E-state index contributed by atoms with van der Waals surface area (Å²) in [7, 11) is 0. The molecule has 1 rings (SSSR count). The van der Waals surface area contributed by atoms with Gasteiger partial charge in [0.15, 0.2) is 0 Å². The minimum absolute atomic E-state index is 0.103. The predicted molar refractivity (Wildman–Crippen MR) is 58.2 cm³/mol. The third kappa shape index (κ3) is 2.52. The van der Waals surface area contributed by atoms with Crippen LogP contribution in [0.25, 0.3) is 0 Å². The largest absolute Gasteiger partial charge is 0.478 e. The van der Waals surface area contributed by atoms with Crippen LogP contribution in [0.2, 0.25) is 0 Å². The molecule has 0 aliphatic carbocycles. The molecule has 0 heterocycles. The van der Waals surface area contributed by atoms with Gasteiger partial charge in [0.1, 0.15) is 11.9 Å². The van der Waals surface area contributed by atoms with Crippen molar-refractivity contribution in [3.05, 3.63) is 35.1 Å². The summed E-state index contributed by atoms with van der Waals surface area (Å²) in [6.45, 7) is 0. The molecule has 4 nitrogen and oxygen atoms in total. The normalized spacial score (nSPS) is 14.5. The first-order valence-electron chi connectivity index (χ1n) is 4.47. The van der Waals surface area contributed by atoms with Gasteiger partial charge in [-0.15, -0.1) is 0 Å². The van der Waals surface area contributed by atoms with Gasteiger partial charge in [0.2, 0.25) is 0 Å². The van der Waals surface area contributed by atoms with Crippen molar-refractivity contribution < 1.29 is 24.5 Å². The first-order chi connectivity index (χ1) is 7.49. The fraction of sp³-hybridized carbons (Fsp3) is 0.300. The van der Waals surface area contributed by atoms with E-state index < -0.39 is 29.6 Å². The topological polar surface area (TPSA) is 77.8 Å². The fourth-order valence-electron chi connectivity index (χ4n) is 1.32. The van der Waals surface area contributed by atoms with Crippen LogP contribution in [-0.4, -0.2) is 33.1 Å². The zero-order valence-electron chi connectivity index (χ0n) is 8.17. The van der Waals surface area contributed by atoms with Gasteiger partial charge >= 0.3 is 5.97 Å². The highest BCUT2D eigenvalue weighted by molar-refractivity contribution is 7.80. The van der Waals surface area contributed by atoms with Gasteiger partial charge in [0.25, 0.3) is 0 Å². The average Bonchev–Trinajstić information content (AvgIpc) is 2.26. The minimum atomic E-state index is -1.61. The van der Waals surface area contributed by atoms with Crippen LogP contribution in [0.15, 0.2) is 18.2 Å². The van der Waals surface area contributed by atoms with Crippen LogP contribution in [0, 0.1) is 5.82 Å². The number of aliphatic hydroxyl groups is 2. The average molecular weight is 246 g/mol. The number of thiol groups is 1. The van der Waals surface area contributed by atoms with Crippen molar-refractivity contribution >= 4 is 18.6 Å². The van der Waals surface area contributed by atoms with Crippen LogP contribution in [-0.2, 0) is 0 Å². The smallest absolute Gasteiger partial charge is 0.336 e. The predicted octanol–water partition coefficient (Wildman–Crippen LogP) is 0.848. The minimum Gasteiger partial charge on any atom is -0.478 e. The monoisotopic (exact) mass is 246 g/mol. The zero-order valence-corrected chi connectivity index (χ0v) is 9.06. The molecule has 6 heteroatoms. The van der Waals surface area contributed by atoms with E-state index in [1.54, 1.807) is 0 Å². The molecule has 0 aromatic heterocycles. The maximum absolute atomic E-state index is 13.4. The molecule has 0 saturated carbocycles. The Kier molecular flexibility index (Phi) is 4.28. The molecule has 0 amide bonds. The molecule has 16 heavy (non-hydrogen) atoms. The highest BCUT2D eigenvalue weighted by Gasteiger charge is 2.25. The second kappa shape index (κ2) is 5.29. The molecule has 88 valence electrons. The number of hydrogen-bond acceptors (Lipinski definition) is 4. The number of hydrogen-bond donors (Lipinski definition) is 4. The standard InChI is InChI=1S/C10H11FO4S/c11-6-3-1-2-5(10(14)15)8(6)9(13)7(12)4-16/h1-3,7,9,12-13,16H,4H2,(H,14,15). The molecule has 0 fully saturated rings. The van der Waals surface area contributed by atoms with Gasteiger partial charge in [0, 0.05) is 11.3 Å². The molecule has 0 aliphatic heterocycles. The number of halogens is 1. The van der Waals surface area contributed by atoms with E-state index in [-0.39, 0.29) is 11.3 Å². The van der Waals surface area contributed by atoms with E-state index in [1.165, 1.54) is 6.07 Å². The molecule has 2 unspecified atom stereocenters. The number of carbonyl (C=O) groups is 1. The van der Waals surface area contributed by atoms with E-state index in [1.807, 2.05) is 0 Å². The summed E-state index contributed by atoms with van der Waals surface area (Å²) in [5.41, 5.74) is -0.787. The summed E-state index contributed by atoms with van der Waals surface area (Å²) in [5.74, 6) is -2.33. The Bertz CT molecular complexity index is 396. The first kappa shape index (κ1) is 13.0. The van der Waals surface area contributed by atoms with E-state index in [0.717, 1.165) is 12.1 Å². The third-order valence-electron chi connectivity index (χ3n) is 2.13. The number of rotatable bonds is 4. The summed E-state index contributed by atoms with van der Waals surface area (Å²) in [4.78, 5) is 10.8. The Balaban J connectivity index is 3.24. The van der Waals surface area contributed by atoms with Crippen LogP contribution in [0.4, 0.5) is 4.39 Å². The van der Waals surface area contributed by atoms with Crippen molar-refractivity contribution in [3.63, 3.8) is 0 Å². The summed E-state index contributed by atoms with van der Waals surface area (Å²) >= 11 is 3.75. The molecule has 0 radical (unpaired) electrons. The Labute approximate surface area is 96.8 Å². The SMILES string of the molecule is O=C(O)c1cccc(F)c1C(O)C(O)CS. The number of aromatic carboxylic acids is 1. The van der Waals surface area contributed by atoms with Crippen molar-refractivity contribution in [2.24, 2.45) is 0 Å². The zero-order chi connectivity index (χ0) is 12.3. The van der Waals surface area contributed by atoms with Crippen LogP contribution >= 0.6 is 12.6 Å². The molecule has 0 saturated heterocycles. The first-order valence-corrected chi connectivity index (χ1v) is 5.11. The van der Waals surface area contributed by atoms with Crippen LogP contribution in [0.3, 0.4) is 0 Å². The molecule has 1 aromatic rings. The molecule has 0 bridgehead atoms. The Morgan fingerprint density at radius 2 is 2.06 bits per heavy atom. The summed E-state index contributed by atoms with van der Waals surface area (Å²) < 4.78 is 13.4. The van der Waals surface area contributed by atoms with Crippen molar-refractivity contribution in [2.75, 3.05) is 5.75 Å². The molecular weight excluding hydrogens is 235 g/mol. The fourth-order valence-corrected chi connectivity index (χ4v) is 1.52. The maximum Gasteiger partial charge on any atom is 0.336 e. The van der Waals surface area contributed by atoms with E-state index >= 15 is 0 Å². The molecule has 2 atom stereocenters. The highest BCUT2D eigenvalue weighted by Crippen LogP contribution is 2.25. The van der Waals surface area contributed by atoms with Crippen LogP contribution in [0.5, 0.6) is 0 Å². The van der Waals surface area contributed by atoms with Gasteiger partial charge in [0.05, 0.1) is 11.7 Å². The third-order valence-corrected chi connectivity index (χ3v) is 2.50. The highest BCUT2D eigenvalue weighted by atomic mass is 32.1. The van der Waals surface area contributed by atoms with Crippen molar-refractivity contribution in [3.8, 4) is 0 Å². The molecule has 0 spiro atoms. The maximum atomic E-state index is 13.4. The number of benzene rings is 1. The molecule has 1 aromatic carbocycles. The van der Waals surface area contributed by atoms with E-state index in [0.29, 0.717) is 0 Å². The second-order valence-corrected chi connectivity index (χ2v) is 3.57.